The number of hydrogen-bond acceptors (Lipinski definition) is 3. The van der Waals surface area contributed by atoms with Crippen molar-refractivity contribution < 1.29 is 0 Å². The highest BCUT2D eigenvalue weighted by Crippen LogP contribution is 2.32. The first kappa shape index (κ1) is 20.8. The summed E-state index contributed by atoms with van der Waals surface area (Å²) in [4.78, 5) is 17.1. The molecule has 5 rings (SSSR count). The molecule has 1 aliphatic heterocycles. The summed E-state index contributed by atoms with van der Waals surface area (Å²) in [6.07, 6.45) is 1.76. The fraction of sp³-hybridized carbons (Fsp3) is 0.222. The van der Waals surface area contributed by atoms with Crippen LogP contribution in [0.2, 0.25) is 5.02 Å². The van der Waals surface area contributed by atoms with Gasteiger partial charge in [-0.25, -0.2) is 0 Å². The Morgan fingerprint density at radius 3 is 2.31 bits per heavy atom. The molecule has 0 unspecified atom stereocenters. The lowest BCUT2D eigenvalue weighted by atomic mass is 10.1. The van der Waals surface area contributed by atoms with E-state index >= 15 is 0 Å². The van der Waals surface area contributed by atoms with Crippen LogP contribution in [0.4, 0.5) is 5.82 Å². The number of rotatable bonds is 4. The van der Waals surface area contributed by atoms with Gasteiger partial charge in [0.2, 0.25) is 0 Å². The smallest absolute Gasteiger partial charge is 0.198 e. The Balaban J connectivity index is 1.45. The molecule has 0 bridgehead atoms. The minimum absolute atomic E-state index is 0.164. The van der Waals surface area contributed by atoms with E-state index in [0.29, 0.717) is 0 Å². The number of anilines is 1. The maximum Gasteiger partial charge on any atom is 0.198 e. The number of benzene rings is 2. The molecule has 0 spiro atoms. The van der Waals surface area contributed by atoms with Crippen molar-refractivity contribution in [1.29, 1.82) is 0 Å². The lowest BCUT2D eigenvalue weighted by molar-refractivity contribution is 0.249. The van der Waals surface area contributed by atoms with Crippen LogP contribution < -0.4 is 10.3 Å². The molecule has 2 aromatic carbocycles. The Hall–Kier alpha value is -3.08. The van der Waals surface area contributed by atoms with Gasteiger partial charge in [-0.1, -0.05) is 71.8 Å². The highest BCUT2D eigenvalue weighted by molar-refractivity contribution is 6.30. The first-order valence-electron chi connectivity index (χ1n) is 11.0. The zero-order chi connectivity index (χ0) is 22.1. The van der Waals surface area contributed by atoms with Crippen molar-refractivity contribution in [1.82, 2.24) is 9.30 Å². The van der Waals surface area contributed by atoms with Crippen LogP contribution in [-0.4, -0.2) is 35.5 Å². The summed E-state index contributed by atoms with van der Waals surface area (Å²) in [5, 5.41) is 0.231. The molecule has 0 aliphatic carbocycles. The molecule has 0 amide bonds. The molecule has 1 saturated heterocycles. The number of piperazine rings is 1. The van der Waals surface area contributed by atoms with Gasteiger partial charge < -0.3 is 9.30 Å². The molecule has 162 valence electrons. The predicted octanol–water partition coefficient (Wildman–Crippen LogP) is 5.25. The van der Waals surface area contributed by atoms with E-state index in [1.807, 2.05) is 24.3 Å². The van der Waals surface area contributed by atoms with Gasteiger partial charge in [-0.15, -0.1) is 0 Å². The van der Waals surface area contributed by atoms with Crippen LogP contribution in [0.3, 0.4) is 0 Å². The molecule has 32 heavy (non-hydrogen) atoms. The van der Waals surface area contributed by atoms with Crippen LogP contribution in [0, 0.1) is 6.92 Å². The third-order valence-electron chi connectivity index (χ3n) is 6.23. The number of hydrogen-bond donors (Lipinski definition) is 0. The first-order chi connectivity index (χ1) is 15.6. The molecule has 0 N–H and O–H groups in total. The molecule has 5 heteroatoms. The maximum atomic E-state index is 12.2. The standard InChI is InChI=1S/C27H26ClN3O/c1-20-7-9-21(10-8-20)18-29-13-15-30(16-14-29)27-17-23(22-5-3-2-4-6-22)25-11-12-26(32)24(28)19-31(25)27/h2-12,17,19H,13-16,18H2,1H3. The van der Waals surface area contributed by atoms with Crippen molar-refractivity contribution in [3.05, 3.63) is 105 Å². The highest BCUT2D eigenvalue weighted by Gasteiger charge is 2.21. The monoisotopic (exact) mass is 443 g/mol. The summed E-state index contributed by atoms with van der Waals surface area (Å²) in [7, 11) is 0. The van der Waals surface area contributed by atoms with Gasteiger partial charge in [0, 0.05) is 44.5 Å². The zero-order valence-electron chi connectivity index (χ0n) is 18.2. The number of fused-ring (bicyclic) bond motifs is 1. The second-order valence-corrected chi connectivity index (χ2v) is 8.87. The molecular formula is C27H26ClN3O. The summed E-state index contributed by atoms with van der Waals surface area (Å²) < 4.78 is 2.07. The Labute approximate surface area is 193 Å². The first-order valence-corrected chi connectivity index (χ1v) is 11.4. The van der Waals surface area contributed by atoms with Crippen molar-refractivity contribution in [2.24, 2.45) is 0 Å². The van der Waals surface area contributed by atoms with E-state index in [0.717, 1.165) is 55.2 Å². The van der Waals surface area contributed by atoms with Crippen LogP contribution >= 0.6 is 11.6 Å². The van der Waals surface area contributed by atoms with Crippen molar-refractivity contribution >= 4 is 22.9 Å². The minimum atomic E-state index is -0.164. The predicted molar refractivity (Wildman–Crippen MR) is 133 cm³/mol. The van der Waals surface area contributed by atoms with Crippen molar-refractivity contribution in [2.45, 2.75) is 13.5 Å². The molecule has 0 radical (unpaired) electrons. The Morgan fingerprint density at radius 1 is 0.875 bits per heavy atom. The van der Waals surface area contributed by atoms with E-state index in [1.54, 1.807) is 12.3 Å². The normalized spacial score (nSPS) is 14.8. The molecule has 1 aliphatic rings. The van der Waals surface area contributed by atoms with Gasteiger partial charge in [-0.05, 0) is 36.2 Å². The van der Waals surface area contributed by atoms with E-state index in [9.17, 15) is 4.79 Å². The van der Waals surface area contributed by atoms with E-state index in [1.165, 1.54) is 11.1 Å². The Morgan fingerprint density at radius 2 is 1.59 bits per heavy atom. The van der Waals surface area contributed by atoms with E-state index in [-0.39, 0.29) is 10.5 Å². The van der Waals surface area contributed by atoms with Gasteiger partial charge in [0.15, 0.2) is 5.43 Å². The molecular weight excluding hydrogens is 418 g/mol. The topological polar surface area (TPSA) is 28.0 Å². The Kier molecular flexibility index (Phi) is 5.73. The van der Waals surface area contributed by atoms with Crippen molar-refractivity contribution in [2.75, 3.05) is 31.1 Å². The number of halogens is 1. The average molecular weight is 444 g/mol. The maximum absolute atomic E-state index is 12.2. The van der Waals surface area contributed by atoms with Crippen LogP contribution in [0.25, 0.3) is 16.6 Å². The molecule has 0 atom stereocenters. The van der Waals surface area contributed by atoms with Gasteiger partial charge in [0.1, 0.15) is 10.8 Å². The third-order valence-corrected chi connectivity index (χ3v) is 6.52. The molecule has 3 heterocycles. The lowest BCUT2D eigenvalue weighted by Gasteiger charge is -2.35. The highest BCUT2D eigenvalue weighted by atomic mass is 35.5. The zero-order valence-corrected chi connectivity index (χ0v) is 18.9. The summed E-state index contributed by atoms with van der Waals surface area (Å²) in [5.74, 6) is 1.08. The molecule has 4 nitrogen and oxygen atoms in total. The molecule has 2 aromatic heterocycles. The van der Waals surface area contributed by atoms with Crippen LogP contribution in [0.5, 0.6) is 0 Å². The van der Waals surface area contributed by atoms with Crippen molar-refractivity contribution in [3.63, 3.8) is 0 Å². The van der Waals surface area contributed by atoms with Crippen LogP contribution in [0.1, 0.15) is 11.1 Å². The molecule has 4 aromatic rings. The largest absolute Gasteiger partial charge is 0.355 e. The Bertz CT molecular complexity index is 1290. The SMILES string of the molecule is Cc1ccc(CN2CCN(c3cc(-c4ccccc4)c4ccc(=O)c(Cl)cn34)CC2)cc1. The summed E-state index contributed by atoms with van der Waals surface area (Å²) >= 11 is 6.30. The van der Waals surface area contributed by atoms with Gasteiger partial charge >= 0.3 is 0 Å². The summed E-state index contributed by atoms with van der Waals surface area (Å²) in [6.45, 7) is 6.91. The minimum Gasteiger partial charge on any atom is -0.355 e. The average Bonchev–Trinajstić information content (AvgIpc) is 3.10. The summed E-state index contributed by atoms with van der Waals surface area (Å²) in [5.41, 5.74) is 5.70. The van der Waals surface area contributed by atoms with Gasteiger partial charge in [0.25, 0.3) is 0 Å². The van der Waals surface area contributed by atoms with Crippen molar-refractivity contribution in [3.8, 4) is 11.1 Å². The second-order valence-electron chi connectivity index (χ2n) is 8.46. The van der Waals surface area contributed by atoms with Crippen LogP contribution in [-0.2, 0) is 6.54 Å². The quantitative estimate of drug-likeness (QED) is 0.431. The number of aryl methyl sites for hydroxylation is 1. The fourth-order valence-corrected chi connectivity index (χ4v) is 4.58. The number of nitrogens with zero attached hydrogens (tertiary/aromatic N) is 3. The molecule has 1 fully saturated rings. The second kappa shape index (κ2) is 8.81. The van der Waals surface area contributed by atoms with E-state index < -0.39 is 0 Å². The van der Waals surface area contributed by atoms with Gasteiger partial charge in [-0.2, -0.15) is 0 Å². The van der Waals surface area contributed by atoms with E-state index in [2.05, 4.69) is 63.6 Å². The third kappa shape index (κ3) is 4.16. The van der Waals surface area contributed by atoms with Gasteiger partial charge in [-0.3, -0.25) is 9.69 Å². The van der Waals surface area contributed by atoms with E-state index in [4.69, 9.17) is 11.6 Å². The lowest BCUT2D eigenvalue weighted by Crippen LogP contribution is -2.46. The fourth-order valence-electron chi connectivity index (χ4n) is 4.42. The summed E-state index contributed by atoms with van der Waals surface area (Å²) in [6, 6.07) is 24.8. The van der Waals surface area contributed by atoms with Gasteiger partial charge in [0.05, 0.1) is 5.52 Å². The van der Waals surface area contributed by atoms with Crippen LogP contribution in [0.15, 0.2) is 83.8 Å². The number of aromatic nitrogens is 1. The molecule has 0 saturated carbocycles.